The highest BCUT2D eigenvalue weighted by molar-refractivity contribution is 9.10. The van der Waals surface area contributed by atoms with Crippen molar-refractivity contribution in [3.8, 4) is 22.3 Å². The van der Waals surface area contributed by atoms with Crippen molar-refractivity contribution in [2.24, 2.45) is 0 Å². The molecule has 0 saturated carbocycles. The van der Waals surface area contributed by atoms with E-state index in [0.29, 0.717) is 11.1 Å². The second-order valence-electron chi connectivity index (χ2n) is 6.52. The van der Waals surface area contributed by atoms with E-state index in [1.165, 1.54) is 12.1 Å². The summed E-state index contributed by atoms with van der Waals surface area (Å²) in [5.41, 5.74) is 2.88. The molecule has 0 fully saturated rings. The molecule has 0 amide bonds. The van der Waals surface area contributed by atoms with Crippen LogP contribution in [0.25, 0.3) is 33.0 Å². The maximum absolute atomic E-state index is 14.6. The van der Waals surface area contributed by atoms with Crippen LogP contribution in [0, 0.1) is 11.6 Å². The summed E-state index contributed by atoms with van der Waals surface area (Å²) in [5, 5.41) is 2.04. The van der Waals surface area contributed by atoms with Crippen LogP contribution in [0.3, 0.4) is 0 Å². The van der Waals surface area contributed by atoms with Crippen LogP contribution in [0.1, 0.15) is 0 Å². The molecule has 0 nitrogen and oxygen atoms in total. The number of rotatable bonds is 4. The number of hydrogen-bond donors (Lipinski definition) is 0. The van der Waals surface area contributed by atoms with Gasteiger partial charge in [0.05, 0.1) is 0 Å². The van der Waals surface area contributed by atoms with E-state index in [1.54, 1.807) is 47.8 Å². The molecule has 4 rings (SSSR count). The van der Waals surface area contributed by atoms with Crippen LogP contribution < -0.4 is 0 Å². The molecule has 29 heavy (non-hydrogen) atoms. The average Bonchev–Trinajstić information content (AvgIpc) is 2.74. The number of halogens is 3. The quantitative estimate of drug-likeness (QED) is 0.264. The molecule has 0 bridgehead atoms. The predicted octanol–water partition coefficient (Wildman–Crippen LogP) is 8.66. The van der Waals surface area contributed by atoms with Crippen molar-refractivity contribution < 1.29 is 8.78 Å². The van der Waals surface area contributed by atoms with Gasteiger partial charge in [0.25, 0.3) is 0 Å². The lowest BCUT2D eigenvalue weighted by Gasteiger charge is -2.16. The number of benzene rings is 4. The fourth-order valence-corrected chi connectivity index (χ4v) is 5.30. The van der Waals surface area contributed by atoms with Crippen molar-refractivity contribution >= 4 is 50.2 Å². The normalized spacial score (nSPS) is 11.2. The fourth-order valence-electron chi connectivity index (χ4n) is 3.52. The maximum atomic E-state index is 14.6. The number of thioether (sulfide) groups is 2. The lowest BCUT2D eigenvalue weighted by molar-refractivity contribution is 0.630. The van der Waals surface area contributed by atoms with Gasteiger partial charge in [0.2, 0.25) is 0 Å². The highest BCUT2D eigenvalue weighted by Gasteiger charge is 2.16. The number of fused-ring (bicyclic) bond motifs is 1. The number of hydrogen-bond acceptors (Lipinski definition) is 2. The first-order valence-electron chi connectivity index (χ1n) is 8.92. The third kappa shape index (κ3) is 3.83. The zero-order valence-electron chi connectivity index (χ0n) is 15.8. The molecule has 4 aromatic carbocycles. The molecule has 146 valence electrons. The van der Waals surface area contributed by atoms with Gasteiger partial charge in [-0.25, -0.2) is 8.78 Å². The molecular weight excluding hydrogens is 470 g/mol. The van der Waals surface area contributed by atoms with Crippen LogP contribution in [-0.4, -0.2) is 12.5 Å². The zero-order chi connectivity index (χ0) is 20.5. The van der Waals surface area contributed by atoms with Crippen molar-refractivity contribution in [1.82, 2.24) is 0 Å². The lowest BCUT2D eigenvalue weighted by atomic mass is 9.97. The van der Waals surface area contributed by atoms with Crippen LogP contribution in [0.15, 0.2) is 81.0 Å². The Hall–Kier alpha value is -1.82. The Morgan fingerprint density at radius 3 is 2.17 bits per heavy atom. The van der Waals surface area contributed by atoms with E-state index in [2.05, 4.69) is 22.0 Å². The molecule has 0 aliphatic rings. The molecule has 0 N–H and O–H groups in total. The first kappa shape index (κ1) is 20.5. The monoisotopic (exact) mass is 486 g/mol. The van der Waals surface area contributed by atoms with Gasteiger partial charge in [0.15, 0.2) is 0 Å². The lowest BCUT2D eigenvalue weighted by Crippen LogP contribution is -1.92. The molecule has 0 saturated heterocycles. The van der Waals surface area contributed by atoms with Gasteiger partial charge in [-0.2, -0.15) is 0 Å². The van der Waals surface area contributed by atoms with Crippen LogP contribution in [0.2, 0.25) is 0 Å². The second-order valence-corrected chi connectivity index (χ2v) is 9.10. The minimum absolute atomic E-state index is 0.236. The molecule has 0 aliphatic heterocycles. The summed E-state index contributed by atoms with van der Waals surface area (Å²) in [7, 11) is 0. The van der Waals surface area contributed by atoms with Crippen LogP contribution >= 0.6 is 39.5 Å². The van der Waals surface area contributed by atoms with Crippen molar-refractivity contribution in [1.29, 1.82) is 0 Å². The van der Waals surface area contributed by atoms with Crippen LogP contribution in [0.4, 0.5) is 8.78 Å². The van der Waals surface area contributed by atoms with E-state index < -0.39 is 0 Å². The van der Waals surface area contributed by atoms with Crippen molar-refractivity contribution in [2.75, 3.05) is 12.5 Å². The van der Waals surface area contributed by atoms with Crippen LogP contribution in [0.5, 0.6) is 0 Å². The Labute approximate surface area is 185 Å². The largest absolute Gasteiger partial charge is 0.206 e. The second kappa shape index (κ2) is 8.50. The van der Waals surface area contributed by atoms with Gasteiger partial charge in [-0.1, -0.05) is 46.3 Å². The molecule has 0 aliphatic carbocycles. The molecule has 0 heterocycles. The van der Waals surface area contributed by atoms with E-state index in [1.807, 2.05) is 36.8 Å². The van der Waals surface area contributed by atoms with Gasteiger partial charge in [-0.3, -0.25) is 0 Å². The summed E-state index contributed by atoms with van der Waals surface area (Å²) in [5.74, 6) is -0.490. The first-order valence-corrected chi connectivity index (χ1v) is 12.2. The van der Waals surface area contributed by atoms with Gasteiger partial charge in [0, 0.05) is 25.4 Å². The Bertz CT molecular complexity index is 1220. The Kier molecular flexibility index (Phi) is 6.00. The minimum atomic E-state index is -0.254. The predicted molar refractivity (Wildman–Crippen MR) is 126 cm³/mol. The molecule has 0 unspecified atom stereocenters. The average molecular weight is 487 g/mol. The SMILES string of the molecule is CSc1cc2c(SC)c(-c3cc(Br)ccc3F)ccc2cc1-c1ccccc1F. The Balaban J connectivity index is 2.00. The molecule has 0 spiro atoms. The van der Waals surface area contributed by atoms with Crippen molar-refractivity contribution in [3.63, 3.8) is 0 Å². The van der Waals surface area contributed by atoms with E-state index >= 15 is 0 Å². The Morgan fingerprint density at radius 2 is 1.45 bits per heavy atom. The Morgan fingerprint density at radius 1 is 0.690 bits per heavy atom. The molecule has 0 atom stereocenters. The van der Waals surface area contributed by atoms with E-state index in [-0.39, 0.29) is 11.6 Å². The highest BCUT2D eigenvalue weighted by Crippen LogP contribution is 2.42. The van der Waals surface area contributed by atoms with Crippen molar-refractivity contribution in [3.05, 3.63) is 82.8 Å². The third-order valence-corrected chi connectivity index (χ3v) is 7.00. The van der Waals surface area contributed by atoms with Gasteiger partial charge in [-0.15, -0.1) is 23.5 Å². The summed E-state index contributed by atoms with van der Waals surface area (Å²) in [6, 6.07) is 19.9. The summed E-state index contributed by atoms with van der Waals surface area (Å²) in [4.78, 5) is 2.00. The summed E-state index contributed by atoms with van der Waals surface area (Å²) in [6.07, 6.45) is 3.99. The van der Waals surface area contributed by atoms with Gasteiger partial charge in [0.1, 0.15) is 11.6 Å². The van der Waals surface area contributed by atoms with Gasteiger partial charge in [-0.05, 0) is 70.8 Å². The molecule has 5 heteroatoms. The summed E-state index contributed by atoms with van der Waals surface area (Å²) in [6.45, 7) is 0. The molecule has 4 aromatic rings. The van der Waals surface area contributed by atoms with Crippen molar-refractivity contribution in [2.45, 2.75) is 9.79 Å². The van der Waals surface area contributed by atoms with Gasteiger partial charge < -0.3 is 0 Å². The van der Waals surface area contributed by atoms with Gasteiger partial charge >= 0.3 is 0 Å². The molecular formula is C24H17BrF2S2. The minimum Gasteiger partial charge on any atom is -0.206 e. The van der Waals surface area contributed by atoms with Crippen LogP contribution in [-0.2, 0) is 0 Å². The smallest absolute Gasteiger partial charge is 0.131 e. The van der Waals surface area contributed by atoms with E-state index in [4.69, 9.17) is 0 Å². The third-order valence-electron chi connectivity index (χ3n) is 4.88. The standard InChI is InChI=1S/C24H17BrF2S2/c1-28-23-13-18-14(11-20(23)16-5-3-4-6-21(16)26)7-9-17(24(18)29-2)19-12-15(25)8-10-22(19)27/h3-13H,1-2H3. The van der Waals surface area contributed by atoms with E-state index in [9.17, 15) is 8.78 Å². The molecule has 0 aromatic heterocycles. The topological polar surface area (TPSA) is 0 Å². The fraction of sp³-hybridized carbons (Fsp3) is 0.0833. The molecule has 0 radical (unpaired) electrons. The summed E-state index contributed by atoms with van der Waals surface area (Å²) < 4.78 is 29.9. The first-order chi connectivity index (χ1) is 14.0. The summed E-state index contributed by atoms with van der Waals surface area (Å²) >= 11 is 6.62. The zero-order valence-corrected chi connectivity index (χ0v) is 19.0. The van der Waals surface area contributed by atoms with E-state index in [0.717, 1.165) is 36.2 Å². The highest BCUT2D eigenvalue weighted by atomic mass is 79.9. The maximum Gasteiger partial charge on any atom is 0.131 e.